The molecule has 0 atom stereocenters. The quantitative estimate of drug-likeness (QED) is 0.370. The van der Waals surface area contributed by atoms with Crippen molar-refractivity contribution < 1.29 is 4.74 Å². The van der Waals surface area contributed by atoms with Crippen molar-refractivity contribution in [1.82, 2.24) is 4.90 Å². The Bertz CT molecular complexity index is 732. The molecule has 0 unspecified atom stereocenters. The maximum atomic E-state index is 9.10. The van der Waals surface area contributed by atoms with Gasteiger partial charge in [0.25, 0.3) is 0 Å². The van der Waals surface area contributed by atoms with Gasteiger partial charge in [-0.3, -0.25) is 0 Å². The molecule has 0 aromatic heterocycles. The minimum atomic E-state index is -0.504. The van der Waals surface area contributed by atoms with Gasteiger partial charge in [-0.2, -0.15) is 15.5 Å². The van der Waals surface area contributed by atoms with E-state index in [9.17, 15) is 0 Å². The average Bonchev–Trinajstić information content (AvgIpc) is 2.49. The minimum absolute atomic E-state index is 0.489. The number of hydrogen-bond acceptors (Lipinski definition) is 4. The summed E-state index contributed by atoms with van der Waals surface area (Å²) in [6.07, 6.45) is 6.87. The largest absolute Gasteiger partial charge is 0.483 e. The predicted octanol–water partition coefficient (Wildman–Crippen LogP) is 3.07. The molecule has 0 saturated carbocycles. The van der Waals surface area contributed by atoms with Crippen LogP contribution in [0, 0.1) is 22.8 Å². The van der Waals surface area contributed by atoms with Crippen LogP contribution in [0.15, 0.2) is 41.9 Å². The highest BCUT2D eigenvalue weighted by Gasteiger charge is 2.28. The van der Waals surface area contributed by atoms with Gasteiger partial charge in [-0.25, -0.2) is 0 Å². The Balaban J connectivity index is 2.58. The van der Waals surface area contributed by atoms with Gasteiger partial charge in [0.15, 0.2) is 0 Å². The summed E-state index contributed by atoms with van der Waals surface area (Å²) in [7, 11) is 0. The third kappa shape index (κ3) is 3.16. The maximum Gasteiger partial charge on any atom is 0.207 e. The summed E-state index contributed by atoms with van der Waals surface area (Å²) < 4.78 is 5.93. The van der Waals surface area contributed by atoms with Crippen LogP contribution in [0.25, 0.3) is 5.70 Å². The van der Waals surface area contributed by atoms with Crippen molar-refractivity contribution in [2.75, 3.05) is 6.54 Å². The smallest absolute Gasteiger partial charge is 0.207 e. The number of rotatable bonds is 4. The van der Waals surface area contributed by atoms with E-state index >= 15 is 0 Å². The summed E-state index contributed by atoms with van der Waals surface area (Å²) in [4.78, 5) is 5.45. The zero-order valence-electron chi connectivity index (χ0n) is 12.6. The number of nitriles is 2. The van der Waals surface area contributed by atoms with Gasteiger partial charge < -0.3 is 9.64 Å². The van der Waals surface area contributed by atoms with Gasteiger partial charge >= 0.3 is 0 Å². The van der Waals surface area contributed by atoms with Crippen molar-refractivity contribution in [3.8, 4) is 18.0 Å². The molecule has 0 aliphatic carbocycles. The molecule has 0 fully saturated rings. The van der Waals surface area contributed by atoms with Crippen molar-refractivity contribution in [3.63, 3.8) is 0 Å². The van der Waals surface area contributed by atoms with Gasteiger partial charge in [-0.05, 0) is 38.1 Å². The van der Waals surface area contributed by atoms with Gasteiger partial charge in [0.1, 0.15) is 17.7 Å². The Morgan fingerprint density at radius 1 is 1.41 bits per heavy atom. The van der Waals surface area contributed by atoms with Crippen LogP contribution in [0.3, 0.4) is 0 Å². The van der Waals surface area contributed by atoms with Crippen molar-refractivity contribution >= 4 is 12.0 Å². The Morgan fingerprint density at radius 2 is 2.18 bits per heavy atom. The molecule has 5 heteroatoms. The lowest BCUT2D eigenvalue weighted by atomic mass is 9.97. The normalized spacial score (nSPS) is 15.0. The fourth-order valence-corrected chi connectivity index (χ4v) is 2.29. The number of aliphatic imine (C=N–C) groups is 1. The van der Waals surface area contributed by atoms with Crippen LogP contribution in [0.5, 0.6) is 5.75 Å². The topological polar surface area (TPSA) is 72.4 Å². The molecule has 0 saturated heterocycles. The molecule has 0 radical (unpaired) electrons. The van der Waals surface area contributed by atoms with Gasteiger partial charge in [-0.15, -0.1) is 6.58 Å². The van der Waals surface area contributed by atoms with E-state index in [1.165, 1.54) is 6.34 Å². The first-order valence-corrected chi connectivity index (χ1v) is 6.77. The van der Waals surface area contributed by atoms with Crippen LogP contribution in [0.2, 0.25) is 0 Å². The number of hydrogen-bond donors (Lipinski definition) is 0. The molecule has 1 heterocycles. The number of fused-ring (bicyclic) bond motifs is 1. The molecule has 0 spiro atoms. The van der Waals surface area contributed by atoms with E-state index in [4.69, 9.17) is 15.3 Å². The lowest BCUT2D eigenvalue weighted by molar-refractivity contribution is 0.156. The molecule has 0 amide bonds. The summed E-state index contributed by atoms with van der Waals surface area (Å²) in [5.74, 6) is 0.695. The molecule has 0 bridgehead atoms. The Labute approximate surface area is 130 Å². The first kappa shape index (κ1) is 15.3. The third-order valence-electron chi connectivity index (χ3n) is 3.13. The van der Waals surface area contributed by atoms with Crippen molar-refractivity contribution in [2.45, 2.75) is 19.4 Å². The van der Waals surface area contributed by atoms with Crippen LogP contribution < -0.4 is 4.74 Å². The third-order valence-corrected chi connectivity index (χ3v) is 3.13. The summed E-state index contributed by atoms with van der Waals surface area (Å²) in [5.41, 5.74) is 1.67. The fraction of sp³-hybridized carbons (Fsp3) is 0.235. The standard InChI is InChI=1S/C17H16N4O/c1-4-7-21(12-20-11-19)15-9-17(2,3)22-16-6-5-13(10-18)8-14(15)16/h4-6,8-9,12H,1,7H2,2-3H3. The minimum Gasteiger partial charge on any atom is -0.483 e. The summed E-state index contributed by atoms with van der Waals surface area (Å²) in [6, 6.07) is 7.40. The monoisotopic (exact) mass is 292 g/mol. The highest BCUT2D eigenvalue weighted by molar-refractivity contribution is 5.81. The first-order valence-electron chi connectivity index (χ1n) is 6.77. The van der Waals surface area contributed by atoms with Crippen LogP contribution in [-0.2, 0) is 0 Å². The van der Waals surface area contributed by atoms with Gasteiger partial charge in [0, 0.05) is 12.1 Å². The molecular weight excluding hydrogens is 276 g/mol. The Kier molecular flexibility index (Phi) is 4.29. The second-order valence-corrected chi connectivity index (χ2v) is 5.34. The van der Waals surface area contributed by atoms with Crippen molar-refractivity contribution in [1.29, 1.82) is 10.5 Å². The zero-order chi connectivity index (χ0) is 16.2. The van der Waals surface area contributed by atoms with Gasteiger partial charge in [0.2, 0.25) is 6.19 Å². The number of ether oxygens (including phenoxy) is 1. The number of nitrogens with zero attached hydrogens (tertiary/aromatic N) is 4. The highest BCUT2D eigenvalue weighted by Crippen LogP contribution is 2.37. The van der Waals surface area contributed by atoms with Crippen LogP contribution in [0.4, 0.5) is 0 Å². The van der Waals surface area contributed by atoms with E-state index in [-0.39, 0.29) is 0 Å². The molecule has 1 aliphatic heterocycles. The molecule has 22 heavy (non-hydrogen) atoms. The summed E-state index contributed by atoms with van der Waals surface area (Å²) >= 11 is 0. The Hall–Kier alpha value is -3.05. The van der Waals surface area contributed by atoms with E-state index in [1.54, 1.807) is 35.4 Å². The average molecular weight is 292 g/mol. The lowest BCUT2D eigenvalue weighted by Gasteiger charge is -2.34. The molecule has 0 N–H and O–H groups in total. The van der Waals surface area contributed by atoms with E-state index < -0.39 is 5.60 Å². The number of benzene rings is 1. The summed E-state index contributed by atoms with van der Waals surface area (Å²) in [5, 5.41) is 17.8. The van der Waals surface area contributed by atoms with E-state index in [0.717, 1.165) is 11.3 Å². The molecule has 1 aliphatic rings. The second kappa shape index (κ2) is 6.15. The first-order chi connectivity index (χ1) is 10.5. The summed E-state index contributed by atoms with van der Waals surface area (Å²) in [6.45, 7) is 8.11. The van der Waals surface area contributed by atoms with Crippen molar-refractivity contribution in [2.24, 2.45) is 4.99 Å². The van der Waals surface area contributed by atoms with Crippen molar-refractivity contribution in [3.05, 3.63) is 48.1 Å². The second-order valence-electron chi connectivity index (χ2n) is 5.34. The molecule has 1 aromatic rings. The molecule has 5 nitrogen and oxygen atoms in total. The van der Waals surface area contributed by atoms with E-state index in [2.05, 4.69) is 17.6 Å². The van der Waals surface area contributed by atoms with E-state index in [0.29, 0.717) is 17.9 Å². The molecule has 2 rings (SSSR count). The van der Waals surface area contributed by atoms with Crippen LogP contribution in [0.1, 0.15) is 25.0 Å². The molecule has 110 valence electrons. The maximum absolute atomic E-state index is 9.10. The van der Waals surface area contributed by atoms with Crippen LogP contribution >= 0.6 is 0 Å². The van der Waals surface area contributed by atoms with Gasteiger partial charge in [-0.1, -0.05) is 6.08 Å². The SMILES string of the molecule is C=CCN(C=NC#N)C1=CC(C)(C)Oc2ccc(C#N)cc21. The van der Waals surface area contributed by atoms with E-state index in [1.807, 2.05) is 19.9 Å². The van der Waals surface area contributed by atoms with Gasteiger partial charge in [0.05, 0.1) is 17.3 Å². The lowest BCUT2D eigenvalue weighted by Crippen LogP contribution is -2.33. The predicted molar refractivity (Wildman–Crippen MR) is 84.8 cm³/mol. The molecule has 1 aromatic carbocycles. The highest BCUT2D eigenvalue weighted by atomic mass is 16.5. The fourth-order valence-electron chi connectivity index (χ4n) is 2.29. The molecular formula is C17H16N4O. The van der Waals surface area contributed by atoms with Crippen LogP contribution in [-0.4, -0.2) is 23.4 Å². The zero-order valence-corrected chi connectivity index (χ0v) is 12.6. The Morgan fingerprint density at radius 3 is 2.82 bits per heavy atom.